The van der Waals surface area contributed by atoms with Crippen molar-refractivity contribution in [3.63, 3.8) is 0 Å². The molecule has 1 atom stereocenters. The van der Waals surface area contributed by atoms with Crippen LogP contribution in [0.2, 0.25) is 0 Å². The molecule has 36 heteroatoms. The standard InChI is InChI=1S/C24H23N7O4.C23H21N7O4.C23H19N7O3.C5H10O.CH4.2Li.H2O/c1-30-14-20(22(29-30)24(34)35-2)27-23(33)17-5-3-4-15(8-17)13-31-21(32)7-6-19(28-31)18-9-16(10-25)11-26-12-18;1-29-13-19(21(28-29)23(33)34)26-22(32)16-4-2-3-14(7-16)12-30-20(31)6-5-18(27-30)17-8-15(9-24)10-25-11-17;1-29-13-19-21(28-29)23(33)25-10-15-8-17(11-24-9-15)18-5-6-20(31)30(27-18)12-14-3-2-4-16(7-14)22(32)26-19;1-5-3-2-4-6-5;;;;/h3-9,11-12,14H,10,13,25H2,1-2H3,(H,27,33);2-8,10-11,13H,9,12,24H2,1H3,(H,26,32)(H,33,34);2-9,11,13H,10,12H2,1H3,(H,25,33)(H,26,32);5H,2-4H2,1H3;1H4;;;1H2/q;;;;;2*+1;/p-2. The second-order valence-corrected chi connectivity index (χ2v) is 24.7. The van der Waals surface area contributed by atoms with E-state index in [4.69, 9.17) is 20.9 Å². The number of carbonyl (C=O) groups is 6. The van der Waals surface area contributed by atoms with Crippen LogP contribution in [-0.4, -0.2) is 134 Å². The Balaban J connectivity index is 0.000000220. The maximum atomic E-state index is 12.9. The normalized spacial score (nSPS) is 12.4. The molecule has 566 valence electrons. The Labute approximate surface area is 664 Å². The molecule has 11 heterocycles. The van der Waals surface area contributed by atoms with Crippen LogP contribution in [0, 0.1) is 0 Å². The number of carbonyl (C=O) groups excluding carboxylic acids is 6. The van der Waals surface area contributed by atoms with Crippen molar-refractivity contribution in [2.24, 2.45) is 32.6 Å². The summed E-state index contributed by atoms with van der Waals surface area (Å²) in [4.78, 5) is 124. The average Bonchev–Trinajstić information content (AvgIpc) is 0.867. The fourth-order valence-corrected chi connectivity index (χ4v) is 11.2. The van der Waals surface area contributed by atoms with E-state index in [1.165, 1.54) is 85.7 Å². The first-order chi connectivity index (χ1) is 52.1. The van der Waals surface area contributed by atoms with E-state index in [0.717, 1.165) is 40.0 Å². The Kier molecular flexibility index (Phi) is 30.9. The number of carboxylic acids is 1. The number of esters is 1. The number of fused-ring (bicyclic) bond motifs is 8. The number of hydrogen-bond acceptors (Lipinski definition) is 24. The number of amides is 4. The van der Waals surface area contributed by atoms with Crippen LogP contribution in [0.5, 0.6) is 0 Å². The van der Waals surface area contributed by atoms with Crippen molar-refractivity contribution in [1.29, 1.82) is 0 Å². The summed E-state index contributed by atoms with van der Waals surface area (Å²) < 4.78 is 18.0. The number of carboxylic acid groups (broad SMARTS) is 1. The van der Waals surface area contributed by atoms with Gasteiger partial charge in [-0.25, -0.2) is 18.8 Å². The average molecular weight is 1510 g/mol. The van der Waals surface area contributed by atoms with Gasteiger partial charge in [0.1, 0.15) is 5.69 Å². The number of aromatic carboxylic acids is 1. The molecular formula is C76H77Li2N21O13. The molecule has 112 heavy (non-hydrogen) atoms. The third-order valence-electron chi connectivity index (χ3n) is 16.5. The number of benzene rings is 3. The zero-order chi connectivity index (χ0) is 76.5. The van der Waals surface area contributed by atoms with Crippen LogP contribution in [0.25, 0.3) is 33.8 Å². The van der Waals surface area contributed by atoms with Crippen LogP contribution in [0.3, 0.4) is 0 Å². The number of aromatic nitrogens is 15. The van der Waals surface area contributed by atoms with Crippen LogP contribution >= 0.6 is 0 Å². The first-order valence-electron chi connectivity index (χ1n) is 33.6. The fraction of sp³-hybridized carbons (Fsp3) is 0.211. The summed E-state index contributed by atoms with van der Waals surface area (Å²) in [7, 11) is 6.07. The molecule has 2 aliphatic rings. The van der Waals surface area contributed by atoms with Crippen LogP contribution < -0.4 is 92.2 Å². The Morgan fingerprint density at radius 1 is 0.562 bits per heavy atom. The van der Waals surface area contributed by atoms with E-state index in [1.54, 1.807) is 142 Å². The van der Waals surface area contributed by atoms with Crippen LogP contribution in [0.1, 0.15) is 123 Å². The maximum Gasteiger partial charge on any atom is 1.00 e. The van der Waals surface area contributed by atoms with E-state index in [9.17, 15) is 48.3 Å². The van der Waals surface area contributed by atoms with Gasteiger partial charge in [0.25, 0.3) is 40.3 Å². The molecule has 9 aromatic heterocycles. The molecule has 1 unspecified atom stereocenters. The summed E-state index contributed by atoms with van der Waals surface area (Å²) >= 11 is 0. The Morgan fingerprint density at radius 2 is 1.06 bits per heavy atom. The first-order valence-corrected chi connectivity index (χ1v) is 33.6. The van der Waals surface area contributed by atoms with Crippen molar-refractivity contribution in [3.05, 3.63) is 281 Å². The second kappa shape index (κ2) is 40.1. The van der Waals surface area contributed by atoms with Gasteiger partial charge in [-0.1, -0.05) is 43.8 Å². The molecule has 1 fully saturated rings. The van der Waals surface area contributed by atoms with Crippen molar-refractivity contribution in [3.8, 4) is 33.8 Å². The molecule has 14 rings (SSSR count). The van der Waals surface area contributed by atoms with Gasteiger partial charge in [0.05, 0.1) is 73.0 Å². The number of methoxy groups -OCH3 is 1. The van der Waals surface area contributed by atoms with E-state index in [0.29, 0.717) is 69.8 Å². The van der Waals surface area contributed by atoms with E-state index < -0.39 is 35.6 Å². The molecule has 1 saturated heterocycles. The van der Waals surface area contributed by atoms with Gasteiger partial charge in [0.2, 0.25) is 0 Å². The topological polar surface area (TPSA) is 471 Å². The van der Waals surface area contributed by atoms with Crippen LogP contribution in [0.15, 0.2) is 198 Å². The second-order valence-electron chi connectivity index (χ2n) is 24.7. The van der Waals surface area contributed by atoms with E-state index in [1.807, 2.05) is 24.3 Å². The molecule has 0 aliphatic carbocycles. The largest absolute Gasteiger partial charge is 1.00 e. The molecule has 0 spiro atoms. The van der Waals surface area contributed by atoms with Crippen LogP contribution in [0.4, 0.5) is 17.1 Å². The molecule has 6 bridgehead atoms. The third kappa shape index (κ3) is 22.5. The van der Waals surface area contributed by atoms with Crippen molar-refractivity contribution in [2.75, 3.05) is 29.7 Å². The minimum absolute atomic E-state index is 0. The summed E-state index contributed by atoms with van der Waals surface area (Å²) in [5, 5.41) is 47.4. The molecule has 3 aromatic carbocycles. The summed E-state index contributed by atoms with van der Waals surface area (Å²) in [5.74, 6) is -3.96. The number of nitrogens with two attached hydrogens (primary N) is 2. The summed E-state index contributed by atoms with van der Waals surface area (Å²) in [6.07, 6.45) is 17.5. The molecule has 2 aliphatic heterocycles. The number of pyridine rings is 3. The number of nitrogens with one attached hydrogen (secondary N) is 4. The molecular weight excluding hydrogens is 1430 g/mol. The Morgan fingerprint density at radius 3 is 1.58 bits per heavy atom. The van der Waals surface area contributed by atoms with Gasteiger partial charge in [-0.15, -0.1) is 0 Å². The van der Waals surface area contributed by atoms with Gasteiger partial charge >= 0.3 is 43.7 Å². The fourth-order valence-electron chi connectivity index (χ4n) is 11.2. The van der Waals surface area contributed by atoms with Crippen molar-refractivity contribution >= 4 is 52.6 Å². The molecule has 0 radical (unpaired) electrons. The molecule has 12 aromatic rings. The summed E-state index contributed by atoms with van der Waals surface area (Å²) in [6.45, 7) is 4.44. The smallest absolute Gasteiger partial charge is 0.870 e. The van der Waals surface area contributed by atoms with E-state index >= 15 is 0 Å². The predicted molar refractivity (Wildman–Crippen MR) is 401 cm³/mol. The SMILES string of the molecule is C.CC1CCCO1.COC(=O)c1nn(C)cc1NC(=O)c1cccc(Cn2nc(-c3cncc(CN)c3)ccc2=O)c1.Cn1cc(NC(=O)c2cccc(Cn3nc(-c4cncc(CN)c4)ccc3=O)c2)c(C(=O)[O-])n1.Cn1cc2c(n1)C(=O)NCc1cncc(c1)-c1ccc(=O)n(n1)Cc1cccc(c1)C(=O)N2.[Li+].[Li+].[OH-]. The molecule has 9 N–H and O–H groups in total. The number of nitrogens with zero attached hydrogens (tertiary/aromatic N) is 15. The van der Waals surface area contributed by atoms with Crippen molar-refractivity contribution < 1.29 is 86.5 Å². The minimum atomic E-state index is -1.50. The van der Waals surface area contributed by atoms with Crippen molar-refractivity contribution in [2.45, 2.75) is 72.6 Å². The zero-order valence-corrected chi connectivity index (χ0v) is 61.5. The first kappa shape index (κ1) is 86.5. The molecule has 0 saturated carbocycles. The van der Waals surface area contributed by atoms with Gasteiger partial charge in [-0.3, -0.25) is 62.6 Å². The Hall–Kier alpha value is -12.8. The van der Waals surface area contributed by atoms with Gasteiger partial charge in [-0.05, 0) is 126 Å². The summed E-state index contributed by atoms with van der Waals surface area (Å²) in [5.41, 5.74) is 20.2. The van der Waals surface area contributed by atoms with Crippen molar-refractivity contribution in [1.82, 2.24) is 79.0 Å². The molecule has 4 amide bonds. The van der Waals surface area contributed by atoms with Gasteiger partial charge < -0.3 is 57.6 Å². The minimum Gasteiger partial charge on any atom is -0.870 e. The number of ether oxygens (including phenoxy) is 2. The van der Waals surface area contributed by atoms with E-state index in [-0.39, 0.29) is 128 Å². The van der Waals surface area contributed by atoms with Gasteiger partial charge in [0.15, 0.2) is 11.4 Å². The van der Waals surface area contributed by atoms with Crippen LogP contribution in [-0.2, 0) is 69.9 Å². The monoisotopic (exact) mass is 1510 g/mol. The molecule has 34 nitrogen and oxygen atoms in total. The number of anilines is 3. The van der Waals surface area contributed by atoms with E-state index in [2.05, 4.69) is 73.7 Å². The number of rotatable bonds is 14. The number of aryl methyl sites for hydroxylation is 3. The predicted octanol–water partition coefficient (Wildman–Crippen LogP) is -1.02. The summed E-state index contributed by atoms with van der Waals surface area (Å²) in [6, 6.07) is 35.0. The van der Waals surface area contributed by atoms with Gasteiger partial charge in [0, 0.05) is 155 Å². The zero-order valence-electron chi connectivity index (χ0n) is 61.5. The van der Waals surface area contributed by atoms with Gasteiger partial charge in [-0.2, -0.15) is 30.6 Å². The third-order valence-corrected chi connectivity index (χ3v) is 16.5. The maximum absolute atomic E-state index is 12.9. The Bertz CT molecular complexity index is 5560. The number of hydrogen-bond donors (Lipinski definition) is 6. The quantitative estimate of drug-likeness (QED) is 0.0560.